The van der Waals surface area contributed by atoms with Crippen molar-refractivity contribution in [3.05, 3.63) is 70.2 Å². The highest BCUT2D eigenvalue weighted by Crippen LogP contribution is 2.21. The lowest BCUT2D eigenvalue weighted by molar-refractivity contribution is -0.136. The van der Waals surface area contributed by atoms with Crippen LogP contribution >= 0.6 is 11.3 Å². The molecule has 6 nitrogen and oxygen atoms in total. The maximum Gasteiger partial charge on any atom is 0.313 e. The van der Waals surface area contributed by atoms with Crippen LogP contribution in [0.15, 0.2) is 54.2 Å². The number of hydrogen-bond acceptors (Lipinski definition) is 4. The van der Waals surface area contributed by atoms with E-state index in [-0.39, 0.29) is 12.6 Å². The van der Waals surface area contributed by atoms with Gasteiger partial charge in [-0.25, -0.2) is 0 Å². The molecule has 3 aromatic rings. The van der Waals surface area contributed by atoms with Crippen LogP contribution in [0.2, 0.25) is 0 Å². The minimum absolute atomic E-state index is 0.150. The number of anilines is 1. The Morgan fingerprint density at radius 2 is 2.00 bits per heavy atom. The van der Waals surface area contributed by atoms with Crippen LogP contribution in [0.3, 0.4) is 0 Å². The zero-order chi connectivity index (χ0) is 18.5. The molecule has 0 saturated carbocycles. The summed E-state index contributed by atoms with van der Waals surface area (Å²) < 4.78 is 1.77. The average Bonchev–Trinajstić information content (AvgIpc) is 3.32. The van der Waals surface area contributed by atoms with E-state index in [4.69, 9.17) is 0 Å². The van der Waals surface area contributed by atoms with Gasteiger partial charge in [-0.2, -0.15) is 5.10 Å². The van der Waals surface area contributed by atoms with E-state index in [1.165, 1.54) is 0 Å². The van der Waals surface area contributed by atoms with E-state index in [2.05, 4.69) is 15.7 Å². The molecule has 0 saturated heterocycles. The third kappa shape index (κ3) is 4.18. The fourth-order valence-corrected chi connectivity index (χ4v) is 3.37. The molecule has 134 valence electrons. The highest BCUT2D eigenvalue weighted by Gasteiger charge is 2.19. The van der Waals surface area contributed by atoms with Gasteiger partial charge in [-0.1, -0.05) is 12.1 Å². The summed E-state index contributed by atoms with van der Waals surface area (Å²) in [4.78, 5) is 25.4. The molecule has 1 atom stereocenters. The van der Waals surface area contributed by atoms with Gasteiger partial charge in [-0.15, -0.1) is 11.3 Å². The fraction of sp³-hybridized carbons (Fsp3) is 0.211. The number of nitrogens with one attached hydrogen (secondary N) is 2. The maximum atomic E-state index is 12.2. The molecule has 1 unspecified atom stereocenters. The molecule has 2 amide bonds. The summed E-state index contributed by atoms with van der Waals surface area (Å²) in [5.74, 6) is -1.35. The van der Waals surface area contributed by atoms with Crippen LogP contribution in [-0.4, -0.2) is 28.1 Å². The Kier molecular flexibility index (Phi) is 5.48. The van der Waals surface area contributed by atoms with E-state index in [9.17, 15) is 9.59 Å². The first-order chi connectivity index (χ1) is 12.5. The largest absolute Gasteiger partial charge is 0.345 e. The molecule has 0 aliphatic carbocycles. The van der Waals surface area contributed by atoms with Crippen molar-refractivity contribution >= 4 is 28.8 Å². The highest BCUT2D eigenvalue weighted by molar-refractivity contribution is 7.10. The average molecular weight is 368 g/mol. The van der Waals surface area contributed by atoms with Crippen molar-refractivity contribution < 1.29 is 9.59 Å². The minimum Gasteiger partial charge on any atom is -0.345 e. The predicted octanol–water partition coefficient (Wildman–Crippen LogP) is 2.91. The van der Waals surface area contributed by atoms with Crippen molar-refractivity contribution in [1.82, 2.24) is 15.1 Å². The topological polar surface area (TPSA) is 76.0 Å². The van der Waals surface area contributed by atoms with Gasteiger partial charge in [0.25, 0.3) is 0 Å². The number of nitrogens with zero attached hydrogens (tertiary/aromatic N) is 2. The lowest BCUT2D eigenvalue weighted by Gasteiger charge is -2.17. The normalized spacial score (nSPS) is 11.8. The van der Waals surface area contributed by atoms with Gasteiger partial charge in [0.2, 0.25) is 0 Å². The molecule has 0 aliphatic rings. The molecular formula is C19H20N4O2S. The van der Waals surface area contributed by atoms with Crippen LogP contribution in [0, 0.1) is 13.8 Å². The van der Waals surface area contributed by atoms with E-state index in [1.54, 1.807) is 28.3 Å². The van der Waals surface area contributed by atoms with Crippen LogP contribution in [0.4, 0.5) is 5.69 Å². The lowest BCUT2D eigenvalue weighted by atomic mass is 10.1. The van der Waals surface area contributed by atoms with Crippen molar-refractivity contribution in [3.8, 4) is 0 Å². The van der Waals surface area contributed by atoms with E-state index >= 15 is 0 Å². The van der Waals surface area contributed by atoms with Crippen LogP contribution in [0.25, 0.3) is 0 Å². The van der Waals surface area contributed by atoms with Crippen molar-refractivity contribution in [3.63, 3.8) is 0 Å². The molecular weight excluding hydrogens is 348 g/mol. The third-order valence-corrected chi connectivity index (χ3v) is 5.12. The first-order valence-corrected chi connectivity index (χ1v) is 9.11. The molecule has 0 aliphatic heterocycles. The standard InChI is InChI=1S/C19H20N4O2S/c1-13-6-7-15(11-14(13)2)22-19(25)18(24)20-12-16(17-5-3-10-26-17)23-9-4-8-21-23/h3-11,16H,12H2,1-2H3,(H,20,24)(H,22,25). The second-order valence-corrected chi connectivity index (χ2v) is 6.96. The third-order valence-electron chi connectivity index (χ3n) is 4.14. The van der Waals surface area contributed by atoms with E-state index in [1.807, 2.05) is 55.8 Å². The summed E-state index contributed by atoms with van der Waals surface area (Å²) >= 11 is 1.58. The molecule has 2 aromatic heterocycles. The molecule has 2 heterocycles. The SMILES string of the molecule is Cc1ccc(NC(=O)C(=O)NCC(c2cccs2)n2cccn2)cc1C. The Bertz CT molecular complexity index is 854. The number of amides is 2. The zero-order valence-electron chi connectivity index (χ0n) is 14.6. The Morgan fingerprint density at radius 1 is 1.15 bits per heavy atom. The van der Waals surface area contributed by atoms with Crippen LogP contribution in [0.5, 0.6) is 0 Å². The Morgan fingerprint density at radius 3 is 2.65 bits per heavy atom. The van der Waals surface area contributed by atoms with Crippen LogP contribution < -0.4 is 10.6 Å². The Hall–Kier alpha value is -2.93. The Labute approximate surface area is 155 Å². The van der Waals surface area contributed by atoms with Gasteiger partial charge in [0.15, 0.2) is 0 Å². The van der Waals surface area contributed by atoms with E-state index in [0.717, 1.165) is 16.0 Å². The molecule has 0 bridgehead atoms. The summed E-state index contributed by atoms with van der Waals surface area (Å²) in [5.41, 5.74) is 2.79. The summed E-state index contributed by atoms with van der Waals surface area (Å²) in [7, 11) is 0. The van der Waals surface area contributed by atoms with E-state index in [0.29, 0.717) is 5.69 Å². The minimum atomic E-state index is -0.682. The first-order valence-electron chi connectivity index (χ1n) is 8.23. The predicted molar refractivity (Wildman–Crippen MR) is 102 cm³/mol. The molecule has 3 rings (SSSR count). The van der Waals surface area contributed by atoms with Crippen LogP contribution in [0.1, 0.15) is 22.0 Å². The lowest BCUT2D eigenvalue weighted by Crippen LogP contribution is -2.38. The number of carbonyl (C=O) groups excluding carboxylic acids is 2. The molecule has 0 spiro atoms. The summed E-state index contributed by atoms with van der Waals surface area (Å²) in [6.07, 6.45) is 3.53. The van der Waals surface area contributed by atoms with Crippen molar-refractivity contribution in [2.75, 3.05) is 11.9 Å². The van der Waals surface area contributed by atoms with Crippen molar-refractivity contribution in [1.29, 1.82) is 0 Å². The number of aromatic nitrogens is 2. The molecule has 7 heteroatoms. The Balaban J connectivity index is 1.63. The highest BCUT2D eigenvalue weighted by atomic mass is 32.1. The number of benzene rings is 1. The van der Waals surface area contributed by atoms with Gasteiger partial charge in [0.1, 0.15) is 6.04 Å². The van der Waals surface area contributed by atoms with Gasteiger partial charge >= 0.3 is 11.8 Å². The van der Waals surface area contributed by atoms with E-state index < -0.39 is 11.8 Å². The maximum absolute atomic E-state index is 12.2. The molecule has 1 aromatic carbocycles. The smallest absolute Gasteiger partial charge is 0.313 e. The van der Waals surface area contributed by atoms with Crippen molar-refractivity contribution in [2.45, 2.75) is 19.9 Å². The van der Waals surface area contributed by atoms with Gasteiger partial charge in [-0.05, 0) is 54.6 Å². The summed E-state index contributed by atoms with van der Waals surface area (Å²) in [6.45, 7) is 4.23. The fourth-order valence-electron chi connectivity index (χ4n) is 2.55. The number of hydrogen-bond donors (Lipinski definition) is 2. The first kappa shape index (κ1) is 17.9. The summed E-state index contributed by atoms with van der Waals surface area (Å²) in [6, 6.07) is 11.2. The van der Waals surface area contributed by atoms with Gasteiger partial charge in [0, 0.05) is 29.5 Å². The summed E-state index contributed by atoms with van der Waals surface area (Å²) in [5, 5.41) is 11.6. The number of thiophene rings is 1. The van der Waals surface area contributed by atoms with Crippen LogP contribution in [-0.2, 0) is 9.59 Å². The number of rotatable bonds is 5. The quantitative estimate of drug-likeness (QED) is 0.680. The van der Waals surface area contributed by atoms with Gasteiger partial charge in [-0.3, -0.25) is 14.3 Å². The molecule has 0 fully saturated rings. The second-order valence-electron chi connectivity index (χ2n) is 5.98. The van der Waals surface area contributed by atoms with Crippen molar-refractivity contribution in [2.24, 2.45) is 0 Å². The van der Waals surface area contributed by atoms with Gasteiger partial charge in [0.05, 0.1) is 0 Å². The molecule has 0 radical (unpaired) electrons. The molecule has 2 N–H and O–H groups in total. The van der Waals surface area contributed by atoms with Gasteiger partial charge < -0.3 is 10.6 Å². The molecule has 26 heavy (non-hydrogen) atoms. The monoisotopic (exact) mass is 368 g/mol. The zero-order valence-corrected chi connectivity index (χ0v) is 15.4. The number of carbonyl (C=O) groups is 2. The second kappa shape index (κ2) is 7.97. The number of aryl methyl sites for hydroxylation is 2.